The largest absolute Gasteiger partial charge is 0.586 e. The lowest BCUT2D eigenvalue weighted by Crippen LogP contribution is -2.25. The fourth-order valence-corrected chi connectivity index (χ4v) is 3.61. The van der Waals surface area contributed by atoms with Crippen LogP contribution in [0, 0.1) is 5.82 Å². The van der Waals surface area contributed by atoms with E-state index in [-0.39, 0.29) is 29.6 Å². The fraction of sp³-hybridized carbons (Fsp3) is 0.240. The van der Waals surface area contributed by atoms with E-state index in [4.69, 9.17) is 9.15 Å². The van der Waals surface area contributed by atoms with E-state index in [0.29, 0.717) is 11.4 Å². The Morgan fingerprint density at radius 1 is 1.03 bits per heavy atom. The number of benzene rings is 2. The Labute approximate surface area is 203 Å². The minimum absolute atomic E-state index is 0.0181. The van der Waals surface area contributed by atoms with Crippen LogP contribution >= 0.6 is 0 Å². The van der Waals surface area contributed by atoms with Gasteiger partial charge in [0.05, 0.1) is 6.20 Å². The lowest BCUT2D eigenvalue weighted by atomic mass is 10.1. The van der Waals surface area contributed by atoms with Crippen molar-refractivity contribution < 1.29 is 31.8 Å². The van der Waals surface area contributed by atoms with E-state index >= 15 is 0 Å². The molecular weight excluding hydrogens is 477 g/mol. The molecule has 5 rings (SSSR count). The number of aryl methyl sites for hydroxylation is 2. The van der Waals surface area contributed by atoms with Crippen LogP contribution in [0.2, 0.25) is 0 Å². The number of nitrogens with zero attached hydrogens (tertiary/aromatic N) is 4. The zero-order valence-electron chi connectivity index (χ0n) is 18.9. The third-order valence-corrected chi connectivity index (χ3v) is 5.38. The first-order valence-corrected chi connectivity index (χ1v) is 11.2. The molecule has 0 unspecified atom stereocenters. The summed E-state index contributed by atoms with van der Waals surface area (Å²) in [5, 5.41) is 7.74. The van der Waals surface area contributed by atoms with Crippen molar-refractivity contribution in [3.63, 3.8) is 0 Å². The highest BCUT2D eigenvalue weighted by molar-refractivity contribution is 5.68. The molecule has 0 spiro atoms. The topological polar surface area (TPSA) is 84.4 Å². The summed E-state index contributed by atoms with van der Waals surface area (Å²) in [6.45, 7) is 1.03. The Balaban J connectivity index is 1.10. The Morgan fingerprint density at radius 2 is 1.83 bits per heavy atom. The highest BCUT2D eigenvalue weighted by Gasteiger charge is 2.43. The maximum Gasteiger partial charge on any atom is 0.586 e. The molecule has 2 aromatic carbocycles. The van der Waals surface area contributed by atoms with Gasteiger partial charge in [-0.25, -0.2) is 9.37 Å². The van der Waals surface area contributed by atoms with Crippen LogP contribution in [0.3, 0.4) is 0 Å². The van der Waals surface area contributed by atoms with Gasteiger partial charge < -0.3 is 18.6 Å². The molecule has 0 saturated carbocycles. The van der Waals surface area contributed by atoms with Gasteiger partial charge in [-0.3, -0.25) is 4.68 Å². The Kier molecular flexibility index (Phi) is 6.61. The molecule has 186 valence electrons. The van der Waals surface area contributed by atoms with Crippen LogP contribution in [0.25, 0.3) is 12.2 Å². The van der Waals surface area contributed by atoms with Crippen molar-refractivity contribution in [2.45, 2.75) is 38.7 Å². The average molecular weight is 498 g/mol. The number of aromatic nitrogens is 4. The van der Waals surface area contributed by atoms with Gasteiger partial charge in [-0.1, -0.05) is 17.3 Å². The van der Waals surface area contributed by atoms with Gasteiger partial charge in [0.25, 0.3) is 0 Å². The molecule has 0 radical (unpaired) electrons. The number of unbranched alkanes of at least 4 members (excludes halogenated alkanes) is 1. The maximum absolute atomic E-state index is 14.2. The monoisotopic (exact) mass is 498 g/mol. The Bertz CT molecular complexity index is 1340. The SMILES string of the molecule is Fc1cc2c(cc1/C=C/c1nc(COc3ccc(CCCCn4ccnn4)cc3)co1)OC(F)(F)O2. The number of hydrogen-bond donors (Lipinski definition) is 0. The van der Waals surface area contributed by atoms with Crippen molar-refractivity contribution in [2.24, 2.45) is 0 Å². The normalized spacial score (nSPS) is 14.0. The minimum Gasteiger partial charge on any atom is -0.487 e. The Morgan fingerprint density at radius 3 is 2.61 bits per heavy atom. The smallest absolute Gasteiger partial charge is 0.487 e. The molecule has 0 saturated heterocycles. The molecule has 11 heteroatoms. The molecule has 36 heavy (non-hydrogen) atoms. The third-order valence-electron chi connectivity index (χ3n) is 5.38. The summed E-state index contributed by atoms with van der Waals surface area (Å²) in [7, 11) is 0. The second-order valence-electron chi connectivity index (χ2n) is 8.05. The first-order valence-electron chi connectivity index (χ1n) is 11.2. The van der Waals surface area contributed by atoms with E-state index < -0.39 is 12.1 Å². The van der Waals surface area contributed by atoms with Gasteiger partial charge in [-0.05, 0) is 49.1 Å². The van der Waals surface area contributed by atoms with Gasteiger partial charge in [0, 0.05) is 30.4 Å². The molecule has 1 aliphatic heterocycles. The zero-order valence-corrected chi connectivity index (χ0v) is 18.9. The van der Waals surface area contributed by atoms with Crippen LogP contribution in [0.4, 0.5) is 13.2 Å². The summed E-state index contributed by atoms with van der Waals surface area (Å²) < 4.78 is 62.0. The van der Waals surface area contributed by atoms with Crippen LogP contribution in [-0.4, -0.2) is 26.3 Å². The van der Waals surface area contributed by atoms with Crippen molar-refractivity contribution in [1.82, 2.24) is 20.0 Å². The fourth-order valence-electron chi connectivity index (χ4n) is 3.61. The van der Waals surface area contributed by atoms with Gasteiger partial charge >= 0.3 is 6.29 Å². The number of fused-ring (bicyclic) bond motifs is 1. The summed E-state index contributed by atoms with van der Waals surface area (Å²) in [6.07, 6.45) is 6.92. The van der Waals surface area contributed by atoms with Gasteiger partial charge in [0.2, 0.25) is 5.89 Å². The lowest BCUT2D eigenvalue weighted by molar-refractivity contribution is -0.286. The highest BCUT2D eigenvalue weighted by atomic mass is 19.3. The second-order valence-corrected chi connectivity index (χ2v) is 8.05. The van der Waals surface area contributed by atoms with Crippen LogP contribution in [0.5, 0.6) is 17.2 Å². The van der Waals surface area contributed by atoms with Crippen molar-refractivity contribution in [3.05, 3.63) is 83.6 Å². The average Bonchev–Trinajstić information content (AvgIpc) is 3.59. The van der Waals surface area contributed by atoms with Crippen molar-refractivity contribution in [1.29, 1.82) is 0 Å². The van der Waals surface area contributed by atoms with E-state index in [9.17, 15) is 13.2 Å². The van der Waals surface area contributed by atoms with Crippen molar-refractivity contribution in [2.75, 3.05) is 0 Å². The number of oxazole rings is 1. The number of halogens is 3. The van der Waals surface area contributed by atoms with E-state index in [1.807, 2.05) is 35.1 Å². The molecular formula is C25H21F3N4O4. The summed E-state index contributed by atoms with van der Waals surface area (Å²) in [5.74, 6) is -0.459. The van der Waals surface area contributed by atoms with Crippen LogP contribution < -0.4 is 14.2 Å². The molecule has 2 aromatic heterocycles. The molecule has 0 bridgehead atoms. The molecule has 8 nitrogen and oxygen atoms in total. The van der Waals surface area contributed by atoms with E-state index in [0.717, 1.165) is 37.9 Å². The number of ether oxygens (including phenoxy) is 3. The number of rotatable bonds is 10. The van der Waals surface area contributed by atoms with Gasteiger partial charge in [0.15, 0.2) is 11.5 Å². The predicted octanol–water partition coefficient (Wildman–Crippen LogP) is 5.50. The molecule has 0 fully saturated rings. The molecule has 4 aromatic rings. The quantitative estimate of drug-likeness (QED) is 0.267. The molecule has 0 amide bonds. The van der Waals surface area contributed by atoms with Crippen LogP contribution in [-0.2, 0) is 19.6 Å². The Hall–Kier alpha value is -4.28. The minimum atomic E-state index is -3.81. The van der Waals surface area contributed by atoms with E-state index in [1.54, 1.807) is 6.20 Å². The number of hydrogen-bond acceptors (Lipinski definition) is 7. The first-order chi connectivity index (χ1) is 17.4. The standard InChI is InChI=1S/C25H21F3N4O4/c26-21-14-23-22(35-25(27,28)36-23)13-18(21)6-9-24-30-19(16-34-24)15-33-20-7-4-17(5-8-20)3-1-2-11-32-12-10-29-31-32/h4-10,12-14,16H,1-3,11,15H2/b9-6+. The second kappa shape index (κ2) is 10.1. The number of alkyl halides is 2. The molecule has 0 N–H and O–H groups in total. The third kappa shape index (κ3) is 5.85. The van der Waals surface area contributed by atoms with Gasteiger partial charge in [-0.15, -0.1) is 13.9 Å². The van der Waals surface area contributed by atoms with Crippen molar-refractivity contribution in [3.8, 4) is 17.2 Å². The summed E-state index contributed by atoms with van der Waals surface area (Å²) in [4.78, 5) is 4.27. The highest BCUT2D eigenvalue weighted by Crippen LogP contribution is 2.42. The van der Waals surface area contributed by atoms with E-state index in [1.165, 1.54) is 24.0 Å². The molecule has 1 aliphatic rings. The molecule has 3 heterocycles. The van der Waals surface area contributed by atoms with E-state index in [2.05, 4.69) is 24.8 Å². The zero-order chi connectivity index (χ0) is 25.0. The molecule has 0 aliphatic carbocycles. The summed E-state index contributed by atoms with van der Waals surface area (Å²) >= 11 is 0. The summed E-state index contributed by atoms with van der Waals surface area (Å²) in [6, 6.07) is 9.82. The maximum atomic E-state index is 14.2. The van der Waals surface area contributed by atoms with Crippen molar-refractivity contribution >= 4 is 12.2 Å². The first kappa shape index (κ1) is 23.5. The van der Waals surface area contributed by atoms with Crippen LogP contribution in [0.1, 0.15) is 35.6 Å². The van der Waals surface area contributed by atoms with Gasteiger partial charge in [0.1, 0.15) is 30.1 Å². The van der Waals surface area contributed by atoms with Crippen LogP contribution in [0.15, 0.2) is 59.5 Å². The van der Waals surface area contributed by atoms with Gasteiger partial charge in [-0.2, -0.15) is 0 Å². The summed E-state index contributed by atoms with van der Waals surface area (Å²) in [5.41, 5.74) is 1.77. The predicted molar refractivity (Wildman–Crippen MR) is 122 cm³/mol. The molecule has 0 atom stereocenters. The lowest BCUT2D eigenvalue weighted by Gasteiger charge is -2.06.